The van der Waals surface area contributed by atoms with Crippen LogP contribution in [0.15, 0.2) is 47.5 Å². The number of nitrogens with one attached hydrogen (secondary N) is 2. The monoisotopic (exact) mass is 381 g/mol. The summed E-state index contributed by atoms with van der Waals surface area (Å²) in [6.07, 6.45) is 7.10. The largest absolute Gasteiger partial charge is 0.350 e. The summed E-state index contributed by atoms with van der Waals surface area (Å²) in [7, 11) is 0. The van der Waals surface area contributed by atoms with Crippen LogP contribution in [0.1, 0.15) is 65.8 Å². The molecular weight excluding hydrogens is 354 g/mol. The predicted molar refractivity (Wildman–Crippen MR) is 109 cm³/mol. The van der Waals surface area contributed by atoms with Crippen molar-refractivity contribution in [3.63, 3.8) is 0 Å². The van der Waals surface area contributed by atoms with Crippen molar-refractivity contribution in [1.29, 1.82) is 0 Å². The Hall–Kier alpha value is -2.89. The van der Waals surface area contributed by atoms with E-state index in [-0.39, 0.29) is 23.2 Å². The molecule has 1 aliphatic carbocycles. The third-order valence-corrected chi connectivity index (χ3v) is 4.89. The lowest BCUT2D eigenvalue weighted by molar-refractivity contribution is 0.0936. The van der Waals surface area contributed by atoms with Crippen molar-refractivity contribution in [2.75, 3.05) is 0 Å². The zero-order valence-electron chi connectivity index (χ0n) is 16.4. The Labute approximate surface area is 165 Å². The molecule has 6 nitrogen and oxygen atoms in total. The van der Waals surface area contributed by atoms with E-state index in [9.17, 15) is 14.4 Å². The van der Waals surface area contributed by atoms with E-state index in [2.05, 4.69) is 10.6 Å². The molecule has 1 aromatic heterocycles. The first-order valence-corrected chi connectivity index (χ1v) is 9.84. The number of hydrogen-bond donors (Lipinski definition) is 2. The summed E-state index contributed by atoms with van der Waals surface area (Å²) in [6, 6.07) is 9.70. The van der Waals surface area contributed by atoms with Crippen LogP contribution in [0.25, 0.3) is 0 Å². The standard InChI is InChI=1S/C22H27N3O3/c1-15(2)23-21(27)18-13-25(12-16-8-4-3-5-9-16)14-19(20(18)26)22(28)24-17-10-6-7-11-17/h3-5,8-9,13-15,17H,6-7,10-12H2,1-2H3,(H,23,27)(H,24,28). The van der Waals surface area contributed by atoms with Gasteiger partial charge < -0.3 is 15.2 Å². The average molecular weight is 381 g/mol. The molecule has 1 saturated carbocycles. The number of nitrogens with zero attached hydrogens (tertiary/aromatic N) is 1. The zero-order chi connectivity index (χ0) is 20.1. The van der Waals surface area contributed by atoms with Crippen LogP contribution in [-0.4, -0.2) is 28.5 Å². The summed E-state index contributed by atoms with van der Waals surface area (Å²) in [5.41, 5.74) is 0.490. The predicted octanol–water partition coefficient (Wildman–Crippen LogP) is 2.71. The van der Waals surface area contributed by atoms with Gasteiger partial charge in [-0.15, -0.1) is 0 Å². The second kappa shape index (κ2) is 8.87. The van der Waals surface area contributed by atoms with Crippen LogP contribution in [0.2, 0.25) is 0 Å². The van der Waals surface area contributed by atoms with Crippen molar-refractivity contribution in [2.45, 2.75) is 58.2 Å². The van der Waals surface area contributed by atoms with Gasteiger partial charge in [0.1, 0.15) is 11.1 Å². The van der Waals surface area contributed by atoms with Crippen molar-refractivity contribution < 1.29 is 9.59 Å². The lowest BCUT2D eigenvalue weighted by atomic mass is 10.1. The van der Waals surface area contributed by atoms with Gasteiger partial charge in [-0.05, 0) is 32.3 Å². The molecule has 2 amide bonds. The Kier molecular flexibility index (Phi) is 6.29. The maximum atomic E-state index is 12.9. The Morgan fingerprint density at radius 1 is 1.04 bits per heavy atom. The van der Waals surface area contributed by atoms with E-state index < -0.39 is 17.2 Å². The Balaban J connectivity index is 1.96. The number of benzene rings is 1. The number of rotatable bonds is 6. The molecule has 0 bridgehead atoms. The summed E-state index contributed by atoms with van der Waals surface area (Å²) in [6.45, 7) is 4.13. The number of carbonyl (C=O) groups is 2. The van der Waals surface area contributed by atoms with E-state index in [0.29, 0.717) is 6.54 Å². The fourth-order valence-corrected chi connectivity index (χ4v) is 3.51. The molecule has 1 aromatic carbocycles. The quantitative estimate of drug-likeness (QED) is 0.807. The minimum atomic E-state index is -0.530. The summed E-state index contributed by atoms with van der Waals surface area (Å²) in [5, 5.41) is 5.70. The molecule has 0 aliphatic heterocycles. The summed E-state index contributed by atoms with van der Waals surface area (Å²) < 4.78 is 1.73. The molecule has 148 valence electrons. The smallest absolute Gasteiger partial charge is 0.256 e. The van der Waals surface area contributed by atoms with Crippen LogP contribution >= 0.6 is 0 Å². The SMILES string of the molecule is CC(C)NC(=O)c1cn(Cc2ccccc2)cc(C(=O)NC2CCCC2)c1=O. The van der Waals surface area contributed by atoms with Crippen molar-refractivity contribution in [2.24, 2.45) is 0 Å². The lowest BCUT2D eigenvalue weighted by Gasteiger charge is -2.15. The second-order valence-corrected chi connectivity index (χ2v) is 7.66. The lowest BCUT2D eigenvalue weighted by Crippen LogP contribution is -2.39. The highest BCUT2D eigenvalue weighted by atomic mass is 16.2. The van der Waals surface area contributed by atoms with Gasteiger partial charge in [-0.2, -0.15) is 0 Å². The highest BCUT2D eigenvalue weighted by Crippen LogP contribution is 2.18. The van der Waals surface area contributed by atoms with Crippen LogP contribution in [0.5, 0.6) is 0 Å². The average Bonchev–Trinajstić information content (AvgIpc) is 3.16. The second-order valence-electron chi connectivity index (χ2n) is 7.66. The summed E-state index contributed by atoms with van der Waals surface area (Å²) in [5.74, 6) is -0.866. The first-order chi connectivity index (χ1) is 13.4. The van der Waals surface area contributed by atoms with E-state index in [1.807, 2.05) is 44.2 Å². The maximum absolute atomic E-state index is 12.9. The van der Waals surface area contributed by atoms with Gasteiger partial charge in [0.15, 0.2) is 0 Å². The minimum Gasteiger partial charge on any atom is -0.350 e. The third-order valence-electron chi connectivity index (χ3n) is 4.89. The Morgan fingerprint density at radius 3 is 2.25 bits per heavy atom. The molecule has 1 fully saturated rings. The zero-order valence-corrected chi connectivity index (χ0v) is 16.4. The Bertz CT molecular complexity index is 897. The minimum absolute atomic E-state index is 0.0105. The molecule has 28 heavy (non-hydrogen) atoms. The van der Waals surface area contributed by atoms with Crippen LogP contribution < -0.4 is 16.1 Å². The molecule has 2 N–H and O–H groups in total. The van der Waals surface area contributed by atoms with Crippen molar-refractivity contribution in [3.05, 3.63) is 69.6 Å². The van der Waals surface area contributed by atoms with Crippen LogP contribution in [0.3, 0.4) is 0 Å². The van der Waals surface area contributed by atoms with Crippen LogP contribution in [0, 0.1) is 0 Å². The molecule has 1 aliphatic rings. The normalized spacial score (nSPS) is 14.2. The molecule has 0 atom stereocenters. The molecular formula is C22H27N3O3. The van der Waals surface area contributed by atoms with Crippen molar-refractivity contribution in [1.82, 2.24) is 15.2 Å². The maximum Gasteiger partial charge on any atom is 0.256 e. The van der Waals surface area contributed by atoms with Gasteiger partial charge in [0, 0.05) is 31.0 Å². The number of carbonyl (C=O) groups excluding carboxylic acids is 2. The van der Waals surface area contributed by atoms with Gasteiger partial charge in [0.05, 0.1) is 0 Å². The number of hydrogen-bond acceptors (Lipinski definition) is 3. The van der Waals surface area contributed by atoms with Gasteiger partial charge >= 0.3 is 0 Å². The highest BCUT2D eigenvalue weighted by molar-refractivity contribution is 5.99. The molecule has 0 unspecified atom stereocenters. The fourth-order valence-electron chi connectivity index (χ4n) is 3.51. The fraction of sp³-hybridized carbons (Fsp3) is 0.409. The van der Waals surface area contributed by atoms with E-state index in [0.717, 1.165) is 31.2 Å². The van der Waals surface area contributed by atoms with Gasteiger partial charge in [-0.1, -0.05) is 43.2 Å². The summed E-state index contributed by atoms with van der Waals surface area (Å²) in [4.78, 5) is 38.2. The topological polar surface area (TPSA) is 80.2 Å². The van der Waals surface area contributed by atoms with Gasteiger partial charge in [-0.3, -0.25) is 14.4 Å². The Morgan fingerprint density at radius 2 is 1.64 bits per heavy atom. The first kappa shape index (κ1) is 19.9. The van der Waals surface area contributed by atoms with E-state index in [1.165, 1.54) is 6.20 Å². The van der Waals surface area contributed by atoms with Crippen LogP contribution in [0.4, 0.5) is 0 Å². The highest BCUT2D eigenvalue weighted by Gasteiger charge is 2.23. The van der Waals surface area contributed by atoms with Gasteiger partial charge in [-0.25, -0.2) is 0 Å². The van der Waals surface area contributed by atoms with E-state index >= 15 is 0 Å². The van der Waals surface area contributed by atoms with Crippen LogP contribution in [-0.2, 0) is 6.54 Å². The first-order valence-electron chi connectivity index (χ1n) is 9.84. The molecule has 6 heteroatoms. The molecule has 0 radical (unpaired) electrons. The molecule has 0 spiro atoms. The van der Waals surface area contributed by atoms with E-state index in [4.69, 9.17) is 0 Å². The van der Waals surface area contributed by atoms with Crippen molar-refractivity contribution >= 4 is 11.8 Å². The molecule has 3 rings (SSSR count). The molecule has 0 saturated heterocycles. The number of aromatic nitrogens is 1. The van der Waals surface area contributed by atoms with Gasteiger partial charge in [0.2, 0.25) is 5.43 Å². The molecule has 1 heterocycles. The summed E-state index contributed by atoms with van der Waals surface area (Å²) >= 11 is 0. The van der Waals surface area contributed by atoms with E-state index in [1.54, 1.807) is 10.8 Å². The van der Waals surface area contributed by atoms with Gasteiger partial charge in [0.25, 0.3) is 11.8 Å². The number of pyridine rings is 1. The number of amides is 2. The van der Waals surface area contributed by atoms with Crippen molar-refractivity contribution in [3.8, 4) is 0 Å². The molecule has 2 aromatic rings. The third kappa shape index (κ3) is 4.88.